The summed E-state index contributed by atoms with van der Waals surface area (Å²) < 4.78 is 4.89. The van der Waals surface area contributed by atoms with Crippen molar-refractivity contribution in [2.75, 3.05) is 18.0 Å². The zero-order valence-electron chi connectivity index (χ0n) is 15.1. The van der Waals surface area contributed by atoms with Gasteiger partial charge in [-0.05, 0) is 56.4 Å². The summed E-state index contributed by atoms with van der Waals surface area (Å²) in [6, 6.07) is 3.14. The van der Waals surface area contributed by atoms with Crippen molar-refractivity contribution in [2.45, 2.75) is 32.6 Å². The third-order valence-electron chi connectivity index (χ3n) is 5.24. The van der Waals surface area contributed by atoms with E-state index in [1.54, 1.807) is 0 Å². The summed E-state index contributed by atoms with van der Waals surface area (Å²) in [5.74, 6) is -0.647. The summed E-state index contributed by atoms with van der Waals surface area (Å²) in [4.78, 5) is 26.6. The minimum absolute atomic E-state index is 0.185. The Morgan fingerprint density at radius 1 is 1.19 bits per heavy atom. The van der Waals surface area contributed by atoms with E-state index in [2.05, 4.69) is 4.90 Å². The molecule has 0 saturated carbocycles. The molecule has 1 aromatic carbocycles. The molecule has 2 aliphatic rings. The van der Waals surface area contributed by atoms with Gasteiger partial charge < -0.3 is 19.5 Å². The molecule has 2 N–H and O–H groups in total. The van der Waals surface area contributed by atoms with Crippen LogP contribution in [0.1, 0.15) is 45.7 Å². The Balaban J connectivity index is 1.71. The topological polar surface area (TPSA) is 91.0 Å². The quantitative estimate of drug-likeness (QED) is 0.640. The zero-order chi connectivity index (χ0) is 19.1. The lowest BCUT2D eigenvalue weighted by molar-refractivity contribution is 0.104. The van der Waals surface area contributed by atoms with E-state index in [0.717, 1.165) is 50.0 Å². The van der Waals surface area contributed by atoms with Gasteiger partial charge in [-0.3, -0.25) is 4.79 Å². The van der Waals surface area contributed by atoms with Crippen LogP contribution in [0.25, 0.3) is 6.08 Å². The average molecular weight is 367 g/mol. The lowest BCUT2D eigenvalue weighted by Crippen LogP contribution is -2.34. The van der Waals surface area contributed by atoms with Crippen LogP contribution in [0.15, 0.2) is 27.4 Å². The lowest BCUT2D eigenvalue weighted by atomic mass is 9.89. The van der Waals surface area contributed by atoms with E-state index in [1.807, 2.05) is 6.07 Å². The van der Waals surface area contributed by atoms with Crippen LogP contribution in [-0.4, -0.2) is 29.1 Å². The van der Waals surface area contributed by atoms with Gasteiger partial charge in [-0.2, -0.15) is 0 Å². The van der Waals surface area contributed by atoms with Crippen LogP contribution in [0.2, 0.25) is 0 Å². The van der Waals surface area contributed by atoms with Gasteiger partial charge in [0.25, 0.3) is 0 Å². The average Bonchev–Trinajstić information content (AvgIpc) is 2.62. The van der Waals surface area contributed by atoms with Crippen molar-refractivity contribution in [3.63, 3.8) is 0 Å². The number of allylic oxidation sites excluding steroid dienone is 1. The molecular weight excluding hydrogens is 346 g/mol. The van der Waals surface area contributed by atoms with Crippen LogP contribution in [0.4, 0.5) is 5.69 Å². The number of aryl methyl sites for hydroxylation is 2. The number of hydrogen-bond acceptors (Lipinski definition) is 6. The molecule has 0 unspecified atom stereocenters. The molecule has 0 amide bonds. The summed E-state index contributed by atoms with van der Waals surface area (Å²) in [6.07, 6.45) is 6.50. The van der Waals surface area contributed by atoms with Crippen molar-refractivity contribution in [1.29, 1.82) is 0 Å². The first-order valence-electron chi connectivity index (χ1n) is 9.14. The Morgan fingerprint density at radius 3 is 2.67 bits per heavy atom. The number of nitrogens with zero attached hydrogens (tertiary/aromatic N) is 1. The van der Waals surface area contributed by atoms with Crippen LogP contribution in [0.3, 0.4) is 0 Å². The number of benzene rings is 1. The SMILES string of the molecule is Cc1cc(O)c(C(=O)/C=C/c2cc3c4c(c2O)CCCN4CCC3)c(=O)o1. The number of hydrogen-bond donors (Lipinski definition) is 2. The number of carbonyl (C=O) groups excluding carboxylic acids is 1. The Morgan fingerprint density at radius 2 is 1.93 bits per heavy atom. The van der Waals surface area contributed by atoms with Crippen molar-refractivity contribution in [1.82, 2.24) is 0 Å². The van der Waals surface area contributed by atoms with E-state index in [9.17, 15) is 19.8 Å². The molecule has 0 fully saturated rings. The second-order valence-electron chi connectivity index (χ2n) is 7.10. The number of ketones is 1. The summed E-state index contributed by atoms with van der Waals surface area (Å²) in [5, 5.41) is 20.6. The zero-order valence-corrected chi connectivity index (χ0v) is 15.1. The smallest absolute Gasteiger partial charge is 0.351 e. The second-order valence-corrected chi connectivity index (χ2v) is 7.10. The molecule has 0 spiro atoms. The standard InChI is InChI=1S/C21H21NO5/c1-12-10-17(24)18(21(26)27-12)16(23)7-6-14-11-13-4-2-8-22-9-3-5-15(19(13)22)20(14)25/h6-7,10-11,24-25H,2-5,8-9H2,1H3/b7-6+. The Hall–Kier alpha value is -3.02. The highest BCUT2D eigenvalue weighted by molar-refractivity contribution is 6.08. The van der Waals surface area contributed by atoms with Crippen molar-refractivity contribution in [2.24, 2.45) is 0 Å². The van der Waals surface area contributed by atoms with Gasteiger partial charge in [0.05, 0.1) is 0 Å². The first kappa shape index (κ1) is 17.4. The van der Waals surface area contributed by atoms with Gasteiger partial charge in [-0.1, -0.05) is 0 Å². The number of rotatable bonds is 3. The number of carbonyl (C=O) groups is 1. The predicted molar refractivity (Wildman–Crippen MR) is 102 cm³/mol. The molecule has 2 aromatic rings. The van der Waals surface area contributed by atoms with E-state index < -0.39 is 22.7 Å². The van der Waals surface area contributed by atoms with Crippen LogP contribution in [0, 0.1) is 6.92 Å². The summed E-state index contributed by atoms with van der Waals surface area (Å²) in [6.45, 7) is 3.54. The van der Waals surface area contributed by atoms with Gasteiger partial charge >= 0.3 is 5.63 Å². The van der Waals surface area contributed by atoms with E-state index in [1.165, 1.54) is 30.7 Å². The first-order chi connectivity index (χ1) is 13.0. The number of aromatic hydroxyl groups is 2. The molecule has 140 valence electrons. The maximum Gasteiger partial charge on any atom is 0.351 e. The maximum absolute atomic E-state index is 12.4. The van der Waals surface area contributed by atoms with Crippen molar-refractivity contribution >= 4 is 17.5 Å². The highest BCUT2D eigenvalue weighted by Crippen LogP contribution is 2.42. The molecule has 1 aromatic heterocycles. The molecule has 0 radical (unpaired) electrons. The molecule has 4 rings (SSSR count). The van der Waals surface area contributed by atoms with E-state index in [0.29, 0.717) is 5.56 Å². The van der Waals surface area contributed by atoms with Crippen molar-refractivity contribution < 1.29 is 19.4 Å². The minimum atomic E-state index is -0.873. The lowest BCUT2D eigenvalue weighted by Gasteiger charge is -2.37. The molecule has 2 aliphatic heterocycles. The largest absolute Gasteiger partial charge is 0.507 e. The van der Waals surface area contributed by atoms with Crippen LogP contribution in [0.5, 0.6) is 11.5 Å². The minimum Gasteiger partial charge on any atom is -0.507 e. The van der Waals surface area contributed by atoms with Crippen LogP contribution < -0.4 is 10.5 Å². The summed E-state index contributed by atoms with van der Waals surface area (Å²) in [5.41, 5.74) is 2.54. The number of phenols is 1. The molecule has 0 atom stereocenters. The maximum atomic E-state index is 12.4. The highest BCUT2D eigenvalue weighted by atomic mass is 16.4. The molecule has 3 heterocycles. The molecule has 0 aliphatic carbocycles. The normalized spacial score (nSPS) is 15.8. The molecule has 6 heteroatoms. The van der Waals surface area contributed by atoms with Crippen LogP contribution >= 0.6 is 0 Å². The number of phenolic OH excluding ortho intramolecular Hbond substituents is 1. The van der Waals surface area contributed by atoms with E-state index in [4.69, 9.17) is 4.42 Å². The predicted octanol–water partition coefficient (Wildman–Crippen LogP) is 2.95. The molecule has 0 saturated heterocycles. The second kappa shape index (κ2) is 6.61. The van der Waals surface area contributed by atoms with Gasteiger partial charge in [0, 0.05) is 36.0 Å². The third-order valence-corrected chi connectivity index (χ3v) is 5.24. The van der Waals surface area contributed by atoms with E-state index >= 15 is 0 Å². The number of anilines is 1. The Labute approximate surface area is 156 Å². The van der Waals surface area contributed by atoms with Gasteiger partial charge in [0.15, 0.2) is 5.78 Å². The third kappa shape index (κ3) is 3.01. The van der Waals surface area contributed by atoms with Gasteiger partial charge in [-0.15, -0.1) is 0 Å². The van der Waals surface area contributed by atoms with Gasteiger partial charge in [0.2, 0.25) is 0 Å². The van der Waals surface area contributed by atoms with Gasteiger partial charge in [-0.25, -0.2) is 4.79 Å². The fourth-order valence-corrected chi connectivity index (χ4v) is 4.07. The van der Waals surface area contributed by atoms with E-state index in [-0.39, 0.29) is 11.5 Å². The Bertz CT molecular complexity index is 1020. The monoisotopic (exact) mass is 367 g/mol. The highest BCUT2D eigenvalue weighted by Gasteiger charge is 2.27. The Kier molecular flexibility index (Phi) is 4.26. The molecule has 27 heavy (non-hydrogen) atoms. The summed E-state index contributed by atoms with van der Waals surface area (Å²) in [7, 11) is 0. The molecule has 6 nitrogen and oxygen atoms in total. The van der Waals surface area contributed by atoms with Crippen LogP contribution in [-0.2, 0) is 12.8 Å². The molecular formula is C21H21NO5. The summed E-state index contributed by atoms with van der Waals surface area (Å²) >= 11 is 0. The van der Waals surface area contributed by atoms with Crippen molar-refractivity contribution in [3.8, 4) is 11.5 Å². The van der Waals surface area contributed by atoms with Gasteiger partial charge in [0.1, 0.15) is 22.8 Å². The first-order valence-corrected chi connectivity index (χ1v) is 9.14. The molecule has 0 bridgehead atoms. The fraction of sp³-hybridized carbons (Fsp3) is 0.333. The van der Waals surface area contributed by atoms with Crippen molar-refractivity contribution in [3.05, 3.63) is 56.6 Å². The fourth-order valence-electron chi connectivity index (χ4n) is 4.07.